The molecular weight excluding hydrogens is 323 g/mol. The molecule has 0 aliphatic carbocycles. The van der Waals surface area contributed by atoms with Gasteiger partial charge in [-0.2, -0.15) is 0 Å². The van der Waals surface area contributed by atoms with Crippen molar-refractivity contribution in [1.29, 1.82) is 0 Å². The van der Waals surface area contributed by atoms with Gasteiger partial charge in [-0.1, -0.05) is 30.3 Å². The van der Waals surface area contributed by atoms with Crippen molar-refractivity contribution in [3.05, 3.63) is 65.5 Å². The summed E-state index contributed by atoms with van der Waals surface area (Å²) >= 11 is 0. The Morgan fingerprint density at radius 2 is 1.92 bits per heavy atom. The second kappa shape index (κ2) is 8.09. The van der Waals surface area contributed by atoms with E-state index < -0.39 is 17.8 Å². The largest absolute Gasteiger partial charge is 0.387 e. The van der Waals surface area contributed by atoms with Crippen LogP contribution in [0.1, 0.15) is 22.0 Å². The number of hydrogen-bond acceptors (Lipinski definition) is 4. The van der Waals surface area contributed by atoms with E-state index in [-0.39, 0.29) is 12.1 Å². The molecule has 1 amide bonds. The van der Waals surface area contributed by atoms with Gasteiger partial charge in [0.15, 0.2) is 0 Å². The first-order valence-corrected chi connectivity index (χ1v) is 8.28. The average Bonchev–Trinajstić information content (AvgIpc) is 2.67. The third-order valence-corrected chi connectivity index (χ3v) is 4.20. The fourth-order valence-corrected chi connectivity index (χ4v) is 2.79. The summed E-state index contributed by atoms with van der Waals surface area (Å²) in [6.45, 7) is 2.46. The molecule has 25 heavy (non-hydrogen) atoms. The van der Waals surface area contributed by atoms with Gasteiger partial charge < -0.3 is 20.1 Å². The molecule has 1 aliphatic heterocycles. The van der Waals surface area contributed by atoms with Gasteiger partial charge in [-0.15, -0.1) is 0 Å². The summed E-state index contributed by atoms with van der Waals surface area (Å²) in [6.07, 6.45) is -0.803. The topological polar surface area (TPSA) is 61.8 Å². The number of aliphatic hydroxyl groups excluding tert-OH is 1. The maximum absolute atomic E-state index is 14.3. The van der Waals surface area contributed by atoms with Crippen LogP contribution in [0.4, 0.5) is 10.1 Å². The van der Waals surface area contributed by atoms with E-state index in [2.05, 4.69) is 5.32 Å². The minimum atomic E-state index is -0.803. The third kappa shape index (κ3) is 4.35. The number of carbonyl (C=O) groups is 1. The Labute approximate surface area is 146 Å². The van der Waals surface area contributed by atoms with Crippen molar-refractivity contribution in [2.45, 2.75) is 6.10 Å². The van der Waals surface area contributed by atoms with E-state index in [9.17, 15) is 14.3 Å². The molecule has 0 bridgehead atoms. The van der Waals surface area contributed by atoms with Crippen LogP contribution >= 0.6 is 0 Å². The highest BCUT2D eigenvalue weighted by Crippen LogP contribution is 2.21. The van der Waals surface area contributed by atoms with Crippen molar-refractivity contribution < 1.29 is 19.0 Å². The summed E-state index contributed by atoms with van der Waals surface area (Å²) in [7, 11) is 0. The molecule has 0 saturated carbocycles. The van der Waals surface area contributed by atoms with Crippen molar-refractivity contribution in [3.8, 4) is 0 Å². The van der Waals surface area contributed by atoms with Gasteiger partial charge in [-0.25, -0.2) is 4.39 Å². The number of rotatable bonds is 5. The minimum absolute atomic E-state index is 0.0652. The monoisotopic (exact) mass is 344 g/mol. The van der Waals surface area contributed by atoms with E-state index >= 15 is 0 Å². The number of morpholine rings is 1. The van der Waals surface area contributed by atoms with Gasteiger partial charge in [0.2, 0.25) is 0 Å². The molecule has 6 heteroatoms. The van der Waals surface area contributed by atoms with Gasteiger partial charge in [0.05, 0.1) is 25.0 Å². The lowest BCUT2D eigenvalue weighted by atomic mass is 10.1. The number of aliphatic hydroxyl groups is 1. The van der Waals surface area contributed by atoms with E-state index in [0.717, 1.165) is 5.56 Å². The number of ether oxygens (including phenoxy) is 1. The number of carbonyl (C=O) groups excluding carboxylic acids is 1. The lowest BCUT2D eigenvalue weighted by Crippen LogP contribution is -2.36. The van der Waals surface area contributed by atoms with Gasteiger partial charge in [-0.3, -0.25) is 4.79 Å². The number of amides is 1. The molecule has 0 spiro atoms. The van der Waals surface area contributed by atoms with Crippen LogP contribution in [0.2, 0.25) is 0 Å². The molecule has 2 aromatic rings. The minimum Gasteiger partial charge on any atom is -0.387 e. The Hall–Kier alpha value is -2.44. The van der Waals surface area contributed by atoms with E-state index in [4.69, 9.17) is 4.74 Å². The number of nitrogens with zero attached hydrogens (tertiary/aromatic N) is 1. The van der Waals surface area contributed by atoms with E-state index in [1.807, 2.05) is 23.1 Å². The number of halogens is 1. The normalized spacial score (nSPS) is 15.7. The van der Waals surface area contributed by atoms with Gasteiger partial charge in [-0.05, 0) is 23.8 Å². The molecule has 1 unspecified atom stereocenters. The van der Waals surface area contributed by atoms with E-state index in [0.29, 0.717) is 32.0 Å². The van der Waals surface area contributed by atoms with Crippen LogP contribution in [-0.2, 0) is 4.74 Å². The fraction of sp³-hybridized carbons (Fsp3) is 0.316. The summed E-state index contributed by atoms with van der Waals surface area (Å²) in [4.78, 5) is 14.1. The Balaban J connectivity index is 1.61. The van der Waals surface area contributed by atoms with E-state index in [1.165, 1.54) is 6.07 Å². The first-order chi connectivity index (χ1) is 12.1. The van der Waals surface area contributed by atoms with Gasteiger partial charge in [0.1, 0.15) is 5.82 Å². The standard InChI is InChI=1S/C19H21FN2O3/c20-16-12-15(6-7-17(16)22-8-10-25-11-9-22)19(24)21-13-18(23)14-4-2-1-3-5-14/h1-7,12,18,23H,8-11,13H2,(H,21,24). The van der Waals surface area contributed by atoms with Crippen LogP contribution in [-0.4, -0.2) is 43.9 Å². The fourth-order valence-electron chi connectivity index (χ4n) is 2.79. The second-order valence-corrected chi connectivity index (χ2v) is 5.90. The van der Waals surface area contributed by atoms with Crippen molar-refractivity contribution >= 4 is 11.6 Å². The molecular formula is C19H21FN2O3. The zero-order chi connectivity index (χ0) is 17.6. The van der Waals surface area contributed by atoms with Crippen molar-refractivity contribution in [1.82, 2.24) is 5.32 Å². The molecule has 1 atom stereocenters. The molecule has 132 valence electrons. The molecule has 1 aliphatic rings. The molecule has 0 aromatic heterocycles. The average molecular weight is 344 g/mol. The number of anilines is 1. The molecule has 1 saturated heterocycles. The van der Waals surface area contributed by atoms with Crippen LogP contribution < -0.4 is 10.2 Å². The van der Waals surface area contributed by atoms with Gasteiger partial charge in [0.25, 0.3) is 5.91 Å². The SMILES string of the molecule is O=C(NCC(O)c1ccccc1)c1ccc(N2CCOCC2)c(F)c1. The molecule has 3 rings (SSSR count). The summed E-state index contributed by atoms with van der Waals surface area (Å²) in [6, 6.07) is 13.5. The molecule has 2 N–H and O–H groups in total. The third-order valence-electron chi connectivity index (χ3n) is 4.20. The smallest absolute Gasteiger partial charge is 0.251 e. The first kappa shape index (κ1) is 17.4. The first-order valence-electron chi connectivity index (χ1n) is 8.28. The Bertz CT molecular complexity index is 718. The zero-order valence-corrected chi connectivity index (χ0v) is 13.8. The summed E-state index contributed by atoms with van der Waals surface area (Å²) in [5.74, 6) is -0.847. The lowest BCUT2D eigenvalue weighted by Gasteiger charge is -2.29. The molecule has 0 radical (unpaired) electrons. The number of benzene rings is 2. The Morgan fingerprint density at radius 1 is 1.20 bits per heavy atom. The number of hydrogen-bond donors (Lipinski definition) is 2. The molecule has 5 nitrogen and oxygen atoms in total. The molecule has 1 fully saturated rings. The maximum atomic E-state index is 14.3. The summed E-state index contributed by atoms with van der Waals surface area (Å²) in [5, 5.41) is 12.7. The van der Waals surface area contributed by atoms with Crippen LogP contribution in [0.25, 0.3) is 0 Å². The lowest BCUT2D eigenvalue weighted by molar-refractivity contribution is 0.0916. The Kier molecular flexibility index (Phi) is 5.63. The summed E-state index contributed by atoms with van der Waals surface area (Å²) in [5.41, 5.74) is 1.43. The zero-order valence-electron chi connectivity index (χ0n) is 13.8. The molecule has 2 aromatic carbocycles. The van der Waals surface area contributed by atoms with Crippen LogP contribution in [0, 0.1) is 5.82 Å². The van der Waals surface area contributed by atoms with Crippen LogP contribution in [0.5, 0.6) is 0 Å². The highest BCUT2D eigenvalue weighted by molar-refractivity contribution is 5.94. The quantitative estimate of drug-likeness (QED) is 0.872. The number of nitrogens with one attached hydrogen (secondary N) is 1. The molecule has 1 heterocycles. The Morgan fingerprint density at radius 3 is 2.60 bits per heavy atom. The maximum Gasteiger partial charge on any atom is 0.251 e. The van der Waals surface area contributed by atoms with Crippen molar-refractivity contribution in [3.63, 3.8) is 0 Å². The second-order valence-electron chi connectivity index (χ2n) is 5.90. The van der Waals surface area contributed by atoms with E-state index in [1.54, 1.807) is 24.3 Å². The summed E-state index contributed by atoms with van der Waals surface area (Å²) < 4.78 is 19.6. The van der Waals surface area contributed by atoms with Crippen molar-refractivity contribution in [2.24, 2.45) is 0 Å². The predicted octanol–water partition coefficient (Wildman–Crippen LogP) is 2.13. The highest BCUT2D eigenvalue weighted by Gasteiger charge is 2.17. The highest BCUT2D eigenvalue weighted by atomic mass is 19.1. The van der Waals surface area contributed by atoms with Crippen LogP contribution in [0.3, 0.4) is 0 Å². The van der Waals surface area contributed by atoms with Gasteiger partial charge >= 0.3 is 0 Å². The van der Waals surface area contributed by atoms with Crippen LogP contribution in [0.15, 0.2) is 48.5 Å². The van der Waals surface area contributed by atoms with Gasteiger partial charge in [0, 0.05) is 25.2 Å². The van der Waals surface area contributed by atoms with Crippen molar-refractivity contribution in [2.75, 3.05) is 37.7 Å². The predicted molar refractivity (Wildman–Crippen MR) is 93.2 cm³/mol.